The molecule has 4 unspecified atom stereocenters. The summed E-state index contributed by atoms with van der Waals surface area (Å²) in [6.45, 7) is 2.52. The number of rotatable bonds is 4. The number of aromatic nitrogens is 1. The molecule has 3 heterocycles. The summed E-state index contributed by atoms with van der Waals surface area (Å²) < 4.78 is 45.5. The van der Waals surface area contributed by atoms with Crippen LogP contribution in [0.25, 0.3) is 0 Å². The molecule has 3 rings (SSSR count). The fourth-order valence-electron chi connectivity index (χ4n) is 3.65. The third-order valence-electron chi connectivity index (χ3n) is 4.50. The number of fused-ring (bicyclic) bond motifs is 2. The van der Waals surface area contributed by atoms with E-state index >= 15 is 0 Å². The van der Waals surface area contributed by atoms with Gasteiger partial charge in [0.05, 0.1) is 17.8 Å². The Bertz CT molecular complexity index is 506. The predicted octanol–water partition coefficient (Wildman–Crippen LogP) is 3.32. The molecule has 6 heteroatoms. The van der Waals surface area contributed by atoms with Crippen molar-refractivity contribution < 1.29 is 17.9 Å². The van der Waals surface area contributed by atoms with Gasteiger partial charge in [-0.1, -0.05) is 6.92 Å². The number of hydrogen-bond acceptors (Lipinski definition) is 3. The molecule has 3 nitrogen and oxygen atoms in total. The van der Waals surface area contributed by atoms with E-state index in [1.807, 2.05) is 6.92 Å². The molecule has 2 fully saturated rings. The van der Waals surface area contributed by atoms with Gasteiger partial charge in [-0.05, 0) is 37.4 Å². The summed E-state index contributed by atoms with van der Waals surface area (Å²) in [5.74, 6) is 0.0917. The molecule has 0 radical (unpaired) electrons. The normalized spacial score (nSPS) is 29.8. The zero-order valence-electron chi connectivity index (χ0n) is 11.9. The summed E-state index contributed by atoms with van der Waals surface area (Å²) in [4.78, 5) is 3.91. The Morgan fingerprint density at radius 2 is 2.24 bits per heavy atom. The Morgan fingerprint density at radius 1 is 1.43 bits per heavy atom. The van der Waals surface area contributed by atoms with Crippen molar-refractivity contribution in [2.24, 2.45) is 5.92 Å². The summed E-state index contributed by atoms with van der Waals surface area (Å²) >= 11 is 0. The third-order valence-corrected chi connectivity index (χ3v) is 4.50. The van der Waals surface area contributed by atoms with Crippen molar-refractivity contribution in [2.45, 2.75) is 50.6 Å². The summed E-state index contributed by atoms with van der Waals surface area (Å²) in [5.41, 5.74) is -0.348. The first-order valence-electron chi connectivity index (χ1n) is 7.40. The van der Waals surface area contributed by atoms with E-state index in [-0.39, 0.29) is 29.7 Å². The quantitative estimate of drug-likeness (QED) is 0.926. The minimum Gasteiger partial charge on any atom is -0.375 e. The highest BCUT2D eigenvalue weighted by molar-refractivity contribution is 5.30. The van der Waals surface area contributed by atoms with Gasteiger partial charge in [0.1, 0.15) is 0 Å². The smallest absolute Gasteiger partial charge is 0.375 e. The van der Waals surface area contributed by atoms with Gasteiger partial charge in [-0.3, -0.25) is 4.98 Å². The molecule has 116 valence electrons. The molecule has 2 bridgehead atoms. The Hall–Kier alpha value is -1.14. The second-order valence-electron chi connectivity index (χ2n) is 5.77. The van der Waals surface area contributed by atoms with Crippen molar-refractivity contribution in [1.29, 1.82) is 0 Å². The lowest BCUT2D eigenvalue weighted by atomic mass is 9.80. The van der Waals surface area contributed by atoms with Gasteiger partial charge in [-0.2, -0.15) is 13.2 Å². The van der Waals surface area contributed by atoms with Crippen molar-refractivity contribution in [3.63, 3.8) is 0 Å². The molecule has 21 heavy (non-hydrogen) atoms. The van der Waals surface area contributed by atoms with E-state index in [9.17, 15) is 13.2 Å². The van der Waals surface area contributed by atoms with Gasteiger partial charge in [-0.25, -0.2) is 0 Å². The Balaban J connectivity index is 1.95. The van der Waals surface area contributed by atoms with Gasteiger partial charge in [0.25, 0.3) is 0 Å². The Morgan fingerprint density at radius 3 is 2.81 bits per heavy atom. The van der Waals surface area contributed by atoms with E-state index in [1.165, 1.54) is 12.4 Å². The monoisotopic (exact) mass is 300 g/mol. The molecule has 1 aromatic rings. The molecule has 0 saturated carbocycles. The second kappa shape index (κ2) is 5.57. The van der Waals surface area contributed by atoms with Crippen LogP contribution in [0.3, 0.4) is 0 Å². The lowest BCUT2D eigenvalue weighted by Gasteiger charge is -2.31. The van der Waals surface area contributed by atoms with Crippen LogP contribution >= 0.6 is 0 Å². The lowest BCUT2D eigenvalue weighted by molar-refractivity contribution is -0.138. The molecule has 1 N–H and O–H groups in total. The molecular weight excluding hydrogens is 281 g/mol. The van der Waals surface area contributed by atoms with Crippen molar-refractivity contribution in [3.05, 3.63) is 29.6 Å². The van der Waals surface area contributed by atoms with Gasteiger partial charge in [-0.15, -0.1) is 0 Å². The number of nitrogens with zero attached hydrogens (tertiary/aromatic N) is 1. The van der Waals surface area contributed by atoms with Crippen LogP contribution in [0.15, 0.2) is 18.5 Å². The van der Waals surface area contributed by atoms with Gasteiger partial charge >= 0.3 is 6.18 Å². The Labute approximate surface area is 121 Å². The summed E-state index contributed by atoms with van der Waals surface area (Å²) in [6, 6.07) is 0.712. The fraction of sp³-hybridized carbons (Fsp3) is 0.667. The SMILES string of the molecule is CCNC(c1cnccc1C(F)(F)F)C1CC2CCC1O2. The minimum atomic E-state index is -4.36. The van der Waals surface area contributed by atoms with E-state index in [4.69, 9.17) is 4.74 Å². The van der Waals surface area contributed by atoms with Gasteiger partial charge < -0.3 is 10.1 Å². The summed E-state index contributed by atoms with van der Waals surface area (Å²) in [6.07, 6.45) is 1.28. The van der Waals surface area contributed by atoms with Crippen LogP contribution in [-0.4, -0.2) is 23.7 Å². The standard InChI is InChI=1S/C15H19F3N2O/c1-2-20-14(10-7-9-3-4-13(10)21-9)11-8-19-6-5-12(11)15(16,17)18/h5-6,8-10,13-14,20H,2-4,7H2,1H3. The average Bonchev–Trinajstić information content (AvgIpc) is 3.06. The van der Waals surface area contributed by atoms with Crippen molar-refractivity contribution in [2.75, 3.05) is 6.54 Å². The van der Waals surface area contributed by atoms with Crippen LogP contribution in [0.1, 0.15) is 43.4 Å². The first-order valence-corrected chi connectivity index (χ1v) is 7.40. The summed E-state index contributed by atoms with van der Waals surface area (Å²) in [7, 11) is 0. The largest absolute Gasteiger partial charge is 0.416 e. The zero-order chi connectivity index (χ0) is 15.0. The van der Waals surface area contributed by atoms with E-state index in [1.54, 1.807) is 0 Å². The van der Waals surface area contributed by atoms with Gasteiger partial charge in [0, 0.05) is 24.4 Å². The topological polar surface area (TPSA) is 34.2 Å². The molecule has 0 aromatic carbocycles. The first kappa shape index (κ1) is 14.8. The maximum absolute atomic E-state index is 13.2. The van der Waals surface area contributed by atoms with E-state index in [2.05, 4.69) is 10.3 Å². The number of ether oxygens (including phenoxy) is 1. The van der Waals surface area contributed by atoms with E-state index in [0.29, 0.717) is 6.54 Å². The molecule has 0 amide bonds. The number of hydrogen-bond donors (Lipinski definition) is 1. The van der Waals surface area contributed by atoms with Crippen LogP contribution in [-0.2, 0) is 10.9 Å². The van der Waals surface area contributed by atoms with Crippen LogP contribution in [0.5, 0.6) is 0 Å². The second-order valence-corrected chi connectivity index (χ2v) is 5.77. The molecule has 0 aliphatic carbocycles. The highest BCUT2D eigenvalue weighted by Gasteiger charge is 2.46. The molecule has 0 spiro atoms. The molecule has 2 aliphatic rings. The number of pyridine rings is 1. The lowest BCUT2D eigenvalue weighted by Crippen LogP contribution is -2.35. The zero-order valence-corrected chi connectivity index (χ0v) is 11.9. The van der Waals surface area contributed by atoms with Crippen molar-refractivity contribution >= 4 is 0 Å². The van der Waals surface area contributed by atoms with Crippen LogP contribution < -0.4 is 5.32 Å². The van der Waals surface area contributed by atoms with Crippen molar-refractivity contribution in [1.82, 2.24) is 10.3 Å². The molecule has 2 aliphatic heterocycles. The van der Waals surface area contributed by atoms with Crippen LogP contribution in [0.4, 0.5) is 13.2 Å². The fourth-order valence-corrected chi connectivity index (χ4v) is 3.65. The predicted molar refractivity (Wildman–Crippen MR) is 71.7 cm³/mol. The first-order chi connectivity index (χ1) is 10.0. The summed E-state index contributed by atoms with van der Waals surface area (Å²) in [5, 5.41) is 3.22. The van der Waals surface area contributed by atoms with Crippen LogP contribution in [0, 0.1) is 5.92 Å². The number of nitrogens with one attached hydrogen (secondary N) is 1. The molecule has 1 aromatic heterocycles. The molecular formula is C15H19F3N2O. The van der Waals surface area contributed by atoms with E-state index in [0.717, 1.165) is 25.3 Å². The van der Waals surface area contributed by atoms with Gasteiger partial charge in [0.15, 0.2) is 0 Å². The number of halogens is 3. The maximum Gasteiger partial charge on any atom is 0.416 e. The Kier molecular flexibility index (Phi) is 3.92. The minimum absolute atomic E-state index is 0.0698. The highest BCUT2D eigenvalue weighted by atomic mass is 19.4. The van der Waals surface area contributed by atoms with Gasteiger partial charge in [0.2, 0.25) is 0 Å². The third kappa shape index (κ3) is 2.79. The average molecular weight is 300 g/mol. The highest BCUT2D eigenvalue weighted by Crippen LogP contribution is 2.46. The van der Waals surface area contributed by atoms with Crippen molar-refractivity contribution in [3.8, 4) is 0 Å². The number of alkyl halides is 3. The molecule has 2 saturated heterocycles. The maximum atomic E-state index is 13.2. The van der Waals surface area contributed by atoms with E-state index < -0.39 is 11.7 Å². The molecule has 4 atom stereocenters. The van der Waals surface area contributed by atoms with Crippen LogP contribution in [0.2, 0.25) is 0 Å².